The Morgan fingerprint density at radius 2 is 2.10 bits per heavy atom. The van der Waals surface area contributed by atoms with Gasteiger partial charge < -0.3 is 5.32 Å². The first-order chi connectivity index (χ1) is 9.93. The molecule has 0 atom stereocenters. The molecule has 1 N–H and O–H groups in total. The van der Waals surface area contributed by atoms with Crippen LogP contribution in [0, 0.1) is 0 Å². The topological polar surface area (TPSA) is 67.2 Å². The molecule has 1 aromatic rings. The van der Waals surface area contributed by atoms with Crippen molar-refractivity contribution in [1.82, 2.24) is 19.4 Å². The third-order valence-corrected chi connectivity index (χ3v) is 5.26. The van der Waals surface area contributed by atoms with Gasteiger partial charge in [-0.05, 0) is 39.8 Å². The highest BCUT2D eigenvalue weighted by Gasteiger charge is 2.27. The molecule has 0 spiro atoms. The highest BCUT2D eigenvalue weighted by atomic mass is 32.2. The Hall–Kier alpha value is -0.920. The Morgan fingerprint density at radius 1 is 1.38 bits per heavy atom. The van der Waals surface area contributed by atoms with E-state index >= 15 is 0 Å². The summed E-state index contributed by atoms with van der Waals surface area (Å²) in [5, 5.41) is 7.40. The number of aryl methyl sites for hydroxylation is 1. The van der Waals surface area contributed by atoms with E-state index < -0.39 is 10.0 Å². The van der Waals surface area contributed by atoms with Crippen LogP contribution in [0.3, 0.4) is 0 Å². The fraction of sp³-hybridized carbons (Fsp3) is 0.786. The maximum absolute atomic E-state index is 12.6. The molecule has 0 amide bonds. The maximum Gasteiger partial charge on any atom is 0.246 e. The third kappa shape index (κ3) is 5.09. The van der Waals surface area contributed by atoms with Gasteiger partial charge in [0, 0.05) is 25.3 Å². The van der Waals surface area contributed by atoms with Gasteiger partial charge >= 0.3 is 0 Å². The number of rotatable bonds is 10. The molecule has 21 heavy (non-hydrogen) atoms. The van der Waals surface area contributed by atoms with Crippen LogP contribution in [0.5, 0.6) is 0 Å². The third-order valence-electron chi connectivity index (χ3n) is 3.23. The van der Waals surface area contributed by atoms with E-state index in [0.717, 1.165) is 32.5 Å². The fourth-order valence-electron chi connectivity index (χ4n) is 2.15. The number of aromatic nitrogens is 2. The summed E-state index contributed by atoms with van der Waals surface area (Å²) in [6.45, 7) is 10.9. The minimum atomic E-state index is -3.44. The van der Waals surface area contributed by atoms with Gasteiger partial charge in [-0.15, -0.1) is 0 Å². The quantitative estimate of drug-likeness (QED) is 0.667. The molecule has 0 aromatic carbocycles. The second-order valence-corrected chi connectivity index (χ2v) is 7.25. The van der Waals surface area contributed by atoms with Crippen LogP contribution < -0.4 is 5.32 Å². The first kappa shape index (κ1) is 18.1. The first-order valence-corrected chi connectivity index (χ1v) is 9.12. The van der Waals surface area contributed by atoms with E-state index in [2.05, 4.69) is 17.3 Å². The molecule has 6 nitrogen and oxygen atoms in total. The van der Waals surface area contributed by atoms with Crippen molar-refractivity contribution < 1.29 is 8.42 Å². The number of hydrogen-bond donors (Lipinski definition) is 1. The standard InChI is InChI=1S/C14H28N4O2S/c1-5-9-18(13(3)4)21(19,20)14-11-16-17(12-14)10-7-8-15-6-2/h11-13,15H,5-10H2,1-4H3. The van der Waals surface area contributed by atoms with Crippen LogP contribution in [0.2, 0.25) is 0 Å². The lowest BCUT2D eigenvalue weighted by molar-refractivity contribution is 0.354. The molecule has 1 heterocycles. The Balaban J connectivity index is 2.77. The summed E-state index contributed by atoms with van der Waals surface area (Å²) in [5.74, 6) is 0. The summed E-state index contributed by atoms with van der Waals surface area (Å²) in [5.41, 5.74) is 0. The summed E-state index contributed by atoms with van der Waals surface area (Å²) < 4.78 is 28.5. The van der Waals surface area contributed by atoms with Crippen LogP contribution in [0.4, 0.5) is 0 Å². The van der Waals surface area contributed by atoms with Crippen LogP contribution in [0.25, 0.3) is 0 Å². The Morgan fingerprint density at radius 3 is 2.67 bits per heavy atom. The highest BCUT2D eigenvalue weighted by Crippen LogP contribution is 2.18. The summed E-state index contributed by atoms with van der Waals surface area (Å²) in [7, 11) is -3.44. The smallest absolute Gasteiger partial charge is 0.246 e. The lowest BCUT2D eigenvalue weighted by atomic mass is 10.4. The molecule has 0 unspecified atom stereocenters. The summed E-state index contributed by atoms with van der Waals surface area (Å²) in [6, 6.07) is -0.0490. The lowest BCUT2D eigenvalue weighted by Crippen LogP contribution is -2.37. The van der Waals surface area contributed by atoms with Gasteiger partial charge in [0.05, 0.1) is 6.20 Å². The van der Waals surface area contributed by atoms with Gasteiger partial charge in [0.1, 0.15) is 4.90 Å². The highest BCUT2D eigenvalue weighted by molar-refractivity contribution is 7.89. The number of sulfonamides is 1. The van der Waals surface area contributed by atoms with Gasteiger partial charge in [-0.1, -0.05) is 13.8 Å². The predicted octanol–water partition coefficient (Wildman–Crippen LogP) is 1.69. The van der Waals surface area contributed by atoms with Crippen LogP contribution in [-0.2, 0) is 16.6 Å². The summed E-state index contributed by atoms with van der Waals surface area (Å²) >= 11 is 0. The number of hydrogen-bond acceptors (Lipinski definition) is 4. The molecule has 122 valence electrons. The Bertz CT molecular complexity index is 511. The van der Waals surface area contributed by atoms with E-state index in [-0.39, 0.29) is 10.9 Å². The van der Waals surface area contributed by atoms with Gasteiger partial charge in [-0.25, -0.2) is 8.42 Å². The van der Waals surface area contributed by atoms with Crippen molar-refractivity contribution in [3.63, 3.8) is 0 Å². The average molecular weight is 316 g/mol. The van der Waals surface area contributed by atoms with E-state index in [1.165, 1.54) is 10.5 Å². The van der Waals surface area contributed by atoms with Crippen molar-refractivity contribution in [2.75, 3.05) is 19.6 Å². The number of nitrogens with zero attached hydrogens (tertiary/aromatic N) is 3. The van der Waals surface area contributed by atoms with Gasteiger partial charge in [-0.2, -0.15) is 9.40 Å². The largest absolute Gasteiger partial charge is 0.317 e. The van der Waals surface area contributed by atoms with Gasteiger partial charge in [0.15, 0.2) is 0 Å². The van der Waals surface area contributed by atoms with Crippen LogP contribution in [-0.4, -0.2) is 48.2 Å². The molecule has 1 rings (SSSR count). The van der Waals surface area contributed by atoms with Crippen molar-refractivity contribution in [1.29, 1.82) is 0 Å². The number of nitrogens with one attached hydrogen (secondary N) is 1. The zero-order chi connectivity index (χ0) is 15.9. The molecule has 0 aliphatic rings. The van der Waals surface area contributed by atoms with Crippen molar-refractivity contribution in [2.24, 2.45) is 0 Å². The van der Waals surface area contributed by atoms with E-state index in [1.807, 2.05) is 20.8 Å². The van der Waals surface area contributed by atoms with E-state index in [1.54, 1.807) is 10.9 Å². The van der Waals surface area contributed by atoms with Crippen molar-refractivity contribution in [2.45, 2.75) is 58.0 Å². The minimum absolute atomic E-state index is 0.0490. The SMILES string of the molecule is CCCN(C(C)C)S(=O)(=O)c1cnn(CCCNCC)c1. The van der Waals surface area contributed by atoms with Gasteiger partial charge in [0.25, 0.3) is 0 Å². The molecule has 0 fully saturated rings. The maximum atomic E-state index is 12.6. The predicted molar refractivity (Wildman–Crippen MR) is 84.7 cm³/mol. The molecular formula is C14H28N4O2S. The average Bonchev–Trinajstić information content (AvgIpc) is 2.90. The molecule has 1 aromatic heterocycles. The van der Waals surface area contributed by atoms with Gasteiger partial charge in [-0.3, -0.25) is 4.68 Å². The molecule has 0 radical (unpaired) electrons. The summed E-state index contributed by atoms with van der Waals surface area (Å²) in [6.07, 6.45) is 4.81. The van der Waals surface area contributed by atoms with Gasteiger partial charge in [0.2, 0.25) is 10.0 Å². The molecule has 0 aliphatic heterocycles. The monoisotopic (exact) mass is 316 g/mol. The molecule has 0 saturated heterocycles. The molecule has 7 heteroatoms. The normalized spacial score (nSPS) is 12.5. The van der Waals surface area contributed by atoms with Crippen LogP contribution in [0.1, 0.15) is 40.5 Å². The van der Waals surface area contributed by atoms with Crippen LogP contribution >= 0.6 is 0 Å². The molecule has 0 bridgehead atoms. The van der Waals surface area contributed by atoms with Crippen LogP contribution in [0.15, 0.2) is 17.3 Å². The Kier molecular flexibility index (Phi) is 7.34. The van der Waals surface area contributed by atoms with Crippen molar-refractivity contribution in [3.8, 4) is 0 Å². The lowest BCUT2D eigenvalue weighted by Gasteiger charge is -2.24. The zero-order valence-corrected chi connectivity index (χ0v) is 14.4. The van der Waals surface area contributed by atoms with E-state index in [9.17, 15) is 8.42 Å². The first-order valence-electron chi connectivity index (χ1n) is 7.68. The van der Waals surface area contributed by atoms with E-state index in [4.69, 9.17) is 0 Å². The second-order valence-electron chi connectivity index (χ2n) is 5.36. The van der Waals surface area contributed by atoms with Crippen molar-refractivity contribution in [3.05, 3.63) is 12.4 Å². The minimum Gasteiger partial charge on any atom is -0.317 e. The fourth-order valence-corrected chi connectivity index (χ4v) is 3.84. The summed E-state index contributed by atoms with van der Waals surface area (Å²) in [4.78, 5) is 0.285. The molecular weight excluding hydrogens is 288 g/mol. The molecule has 0 aliphatic carbocycles. The van der Waals surface area contributed by atoms with E-state index in [0.29, 0.717) is 6.54 Å². The molecule has 0 saturated carbocycles. The second kappa shape index (κ2) is 8.51. The zero-order valence-electron chi connectivity index (χ0n) is 13.5. The van der Waals surface area contributed by atoms with Crippen molar-refractivity contribution >= 4 is 10.0 Å². The Labute approximate surface area is 128 Å².